The summed E-state index contributed by atoms with van der Waals surface area (Å²) in [5, 5.41) is 9.25. The number of hydrogen-bond donors (Lipinski definition) is 1. The lowest BCUT2D eigenvalue weighted by atomic mass is 9.81. The summed E-state index contributed by atoms with van der Waals surface area (Å²) in [6.07, 6.45) is 9.82. The molecule has 0 saturated heterocycles. The van der Waals surface area contributed by atoms with Gasteiger partial charge in [0.05, 0.1) is 12.3 Å². The van der Waals surface area contributed by atoms with E-state index in [9.17, 15) is 5.11 Å². The van der Waals surface area contributed by atoms with Crippen LogP contribution in [0.2, 0.25) is 0 Å². The smallest absolute Gasteiger partial charge is 0.0855 e. The highest BCUT2D eigenvalue weighted by atomic mass is 16.3. The zero-order chi connectivity index (χ0) is 11.0. The molecule has 2 aliphatic rings. The van der Waals surface area contributed by atoms with Crippen LogP contribution in [-0.2, 0) is 19.4 Å². The molecule has 86 valence electrons. The Balaban J connectivity index is 1.77. The molecule has 2 aliphatic carbocycles. The number of nitrogens with zero attached hydrogens (tertiary/aromatic N) is 1. The summed E-state index contributed by atoms with van der Waals surface area (Å²) < 4.78 is 0. The van der Waals surface area contributed by atoms with Crippen LogP contribution in [0.15, 0.2) is 12.3 Å². The lowest BCUT2D eigenvalue weighted by Crippen LogP contribution is -2.17. The molecule has 3 rings (SSSR count). The molecule has 1 fully saturated rings. The fourth-order valence-corrected chi connectivity index (χ4v) is 3.00. The molecule has 1 saturated carbocycles. The van der Waals surface area contributed by atoms with E-state index in [1.807, 2.05) is 6.20 Å². The second kappa shape index (κ2) is 4.17. The van der Waals surface area contributed by atoms with Gasteiger partial charge in [0.15, 0.2) is 0 Å². The van der Waals surface area contributed by atoms with Crippen molar-refractivity contribution in [1.82, 2.24) is 4.98 Å². The number of aromatic nitrogens is 1. The third-order valence-electron chi connectivity index (χ3n) is 4.07. The van der Waals surface area contributed by atoms with Crippen LogP contribution in [-0.4, -0.2) is 10.1 Å². The van der Waals surface area contributed by atoms with Crippen LogP contribution in [0.3, 0.4) is 0 Å². The predicted octanol–water partition coefficient (Wildman–Crippen LogP) is 2.48. The summed E-state index contributed by atoms with van der Waals surface area (Å²) in [6.45, 7) is 0.0937. The summed E-state index contributed by atoms with van der Waals surface area (Å²) >= 11 is 0. The van der Waals surface area contributed by atoms with E-state index < -0.39 is 0 Å². The van der Waals surface area contributed by atoms with Gasteiger partial charge in [-0.15, -0.1) is 0 Å². The Morgan fingerprint density at radius 2 is 2.12 bits per heavy atom. The van der Waals surface area contributed by atoms with Gasteiger partial charge < -0.3 is 5.11 Å². The molecule has 2 nitrogen and oxygen atoms in total. The van der Waals surface area contributed by atoms with Crippen LogP contribution in [0.25, 0.3) is 0 Å². The van der Waals surface area contributed by atoms with Gasteiger partial charge in [-0.25, -0.2) is 0 Å². The van der Waals surface area contributed by atoms with Crippen molar-refractivity contribution in [3.05, 3.63) is 29.1 Å². The molecule has 0 aromatic carbocycles. The van der Waals surface area contributed by atoms with Gasteiger partial charge in [-0.2, -0.15) is 0 Å². The molecule has 2 heteroatoms. The van der Waals surface area contributed by atoms with Crippen molar-refractivity contribution >= 4 is 0 Å². The first kappa shape index (κ1) is 10.3. The maximum Gasteiger partial charge on any atom is 0.0855 e. The standard InChI is InChI=1S/C14H19NO/c16-9-14-13-4-3-11(7-10-1-2-10)8-12(13)5-6-15-14/h5-6,10-11,16H,1-4,7-9H2/t11-/m1/s1. The Kier molecular flexibility index (Phi) is 2.68. The lowest BCUT2D eigenvalue weighted by Gasteiger charge is -2.25. The minimum absolute atomic E-state index is 0.0937. The number of aliphatic hydroxyl groups excluding tert-OH is 1. The van der Waals surface area contributed by atoms with Crippen LogP contribution < -0.4 is 0 Å². The van der Waals surface area contributed by atoms with E-state index in [0.717, 1.165) is 24.0 Å². The highest BCUT2D eigenvalue weighted by Crippen LogP contribution is 2.39. The Hall–Kier alpha value is -0.890. The molecule has 1 aromatic rings. The van der Waals surface area contributed by atoms with Gasteiger partial charge in [0.2, 0.25) is 0 Å². The fraction of sp³-hybridized carbons (Fsp3) is 0.643. The zero-order valence-corrected chi connectivity index (χ0v) is 9.65. The van der Waals surface area contributed by atoms with Gasteiger partial charge >= 0.3 is 0 Å². The molecule has 0 radical (unpaired) electrons. The van der Waals surface area contributed by atoms with Crippen molar-refractivity contribution in [3.63, 3.8) is 0 Å². The van der Waals surface area contributed by atoms with Gasteiger partial charge in [0.25, 0.3) is 0 Å². The van der Waals surface area contributed by atoms with Crippen LogP contribution in [0.1, 0.15) is 42.5 Å². The average Bonchev–Trinajstić information content (AvgIpc) is 3.12. The van der Waals surface area contributed by atoms with Crippen molar-refractivity contribution in [3.8, 4) is 0 Å². The summed E-state index contributed by atoms with van der Waals surface area (Å²) in [5.74, 6) is 1.92. The molecular formula is C14H19NO. The van der Waals surface area contributed by atoms with Gasteiger partial charge in [0.1, 0.15) is 0 Å². The normalized spacial score (nSPS) is 24.2. The van der Waals surface area contributed by atoms with E-state index in [1.165, 1.54) is 43.2 Å². The number of rotatable bonds is 3. The zero-order valence-electron chi connectivity index (χ0n) is 9.65. The maximum atomic E-state index is 9.25. The molecular weight excluding hydrogens is 198 g/mol. The van der Waals surface area contributed by atoms with Crippen LogP contribution in [0, 0.1) is 11.8 Å². The van der Waals surface area contributed by atoms with E-state index in [4.69, 9.17) is 0 Å². The van der Waals surface area contributed by atoms with Gasteiger partial charge in [-0.05, 0) is 54.7 Å². The molecule has 0 bridgehead atoms. The monoisotopic (exact) mass is 217 g/mol. The first-order chi connectivity index (χ1) is 7.86. The Morgan fingerprint density at radius 1 is 1.25 bits per heavy atom. The third-order valence-corrected chi connectivity index (χ3v) is 4.07. The molecule has 1 N–H and O–H groups in total. The first-order valence-electron chi connectivity index (χ1n) is 6.43. The minimum Gasteiger partial charge on any atom is -0.390 e. The molecule has 1 aromatic heterocycles. The lowest BCUT2D eigenvalue weighted by molar-refractivity contribution is 0.273. The fourth-order valence-electron chi connectivity index (χ4n) is 3.00. The van der Waals surface area contributed by atoms with Crippen molar-refractivity contribution in [2.24, 2.45) is 11.8 Å². The summed E-state index contributed by atoms with van der Waals surface area (Å²) in [6, 6.07) is 2.15. The van der Waals surface area contributed by atoms with E-state index in [1.54, 1.807) is 0 Å². The van der Waals surface area contributed by atoms with Crippen molar-refractivity contribution in [2.75, 3.05) is 0 Å². The highest BCUT2D eigenvalue weighted by Gasteiger charge is 2.28. The first-order valence-corrected chi connectivity index (χ1v) is 6.43. The number of fused-ring (bicyclic) bond motifs is 1. The van der Waals surface area contributed by atoms with E-state index in [2.05, 4.69) is 11.1 Å². The number of aliphatic hydroxyl groups is 1. The Labute approximate surface area is 96.7 Å². The van der Waals surface area contributed by atoms with E-state index in [-0.39, 0.29) is 6.61 Å². The predicted molar refractivity (Wildman–Crippen MR) is 63.0 cm³/mol. The van der Waals surface area contributed by atoms with E-state index in [0.29, 0.717) is 0 Å². The van der Waals surface area contributed by atoms with Crippen molar-refractivity contribution in [1.29, 1.82) is 0 Å². The molecule has 0 aliphatic heterocycles. The van der Waals surface area contributed by atoms with E-state index >= 15 is 0 Å². The third kappa shape index (κ3) is 1.99. The minimum atomic E-state index is 0.0937. The largest absolute Gasteiger partial charge is 0.390 e. The van der Waals surface area contributed by atoms with Crippen molar-refractivity contribution in [2.45, 2.75) is 45.1 Å². The SMILES string of the molecule is OCc1nccc2c1CC[C@H](CC1CC1)C2. The molecule has 16 heavy (non-hydrogen) atoms. The molecule has 0 spiro atoms. The average molecular weight is 217 g/mol. The highest BCUT2D eigenvalue weighted by molar-refractivity contribution is 5.32. The second-order valence-electron chi connectivity index (χ2n) is 5.34. The van der Waals surface area contributed by atoms with Crippen LogP contribution >= 0.6 is 0 Å². The Bertz CT molecular complexity index is 384. The van der Waals surface area contributed by atoms with Crippen LogP contribution in [0.5, 0.6) is 0 Å². The summed E-state index contributed by atoms with van der Waals surface area (Å²) in [7, 11) is 0. The van der Waals surface area contributed by atoms with Crippen LogP contribution in [0.4, 0.5) is 0 Å². The van der Waals surface area contributed by atoms with Gasteiger partial charge in [-0.1, -0.05) is 12.8 Å². The molecule has 1 atom stereocenters. The summed E-state index contributed by atoms with van der Waals surface area (Å²) in [5.41, 5.74) is 3.68. The maximum absolute atomic E-state index is 9.25. The van der Waals surface area contributed by atoms with Gasteiger partial charge in [0, 0.05) is 6.20 Å². The molecule has 1 heterocycles. The number of pyridine rings is 1. The van der Waals surface area contributed by atoms with Crippen molar-refractivity contribution < 1.29 is 5.11 Å². The topological polar surface area (TPSA) is 33.1 Å². The second-order valence-corrected chi connectivity index (χ2v) is 5.34. The number of hydrogen-bond acceptors (Lipinski definition) is 2. The Morgan fingerprint density at radius 3 is 2.88 bits per heavy atom. The molecule has 0 unspecified atom stereocenters. The summed E-state index contributed by atoms with van der Waals surface area (Å²) in [4.78, 5) is 4.26. The molecule has 0 amide bonds. The quantitative estimate of drug-likeness (QED) is 0.843. The van der Waals surface area contributed by atoms with Gasteiger partial charge in [-0.3, -0.25) is 4.98 Å².